The van der Waals surface area contributed by atoms with Crippen molar-refractivity contribution in [2.75, 3.05) is 0 Å². The molecule has 2 aliphatic rings. The van der Waals surface area contributed by atoms with Crippen molar-refractivity contribution in [1.82, 2.24) is 4.57 Å². The Bertz CT molecular complexity index is 741. The maximum Gasteiger partial charge on any atom is 0.313 e. The zero-order valence-electron chi connectivity index (χ0n) is 11.1. The maximum absolute atomic E-state index is 11.0. The topological polar surface area (TPSA) is 68.3 Å². The van der Waals surface area contributed by atoms with Crippen LogP contribution in [0.15, 0.2) is 24.5 Å². The number of hydrogen-bond acceptors (Lipinski definition) is 3. The minimum Gasteiger partial charge on any atom is -0.501 e. The molecule has 1 fully saturated rings. The van der Waals surface area contributed by atoms with Crippen molar-refractivity contribution in [3.05, 3.63) is 50.8 Å². The molecule has 2 bridgehead atoms. The van der Waals surface area contributed by atoms with Gasteiger partial charge in [0.25, 0.3) is 0 Å². The number of benzene rings is 1. The highest BCUT2D eigenvalue weighted by Gasteiger charge is 2.38. The average molecular weight is 305 g/mol. The molecule has 2 atom stereocenters. The predicted molar refractivity (Wildman–Crippen MR) is 78.4 cm³/mol. The van der Waals surface area contributed by atoms with E-state index in [4.69, 9.17) is 11.6 Å². The Morgan fingerprint density at radius 3 is 2.43 bits per heavy atom. The van der Waals surface area contributed by atoms with E-state index in [1.807, 2.05) is 12.4 Å². The third-order valence-corrected chi connectivity index (χ3v) is 5.04. The number of aromatic hydroxyl groups is 1. The lowest BCUT2D eigenvalue weighted by Gasteiger charge is -2.09. The summed E-state index contributed by atoms with van der Waals surface area (Å²) in [6.45, 7) is 0. The summed E-state index contributed by atoms with van der Waals surface area (Å²) in [7, 11) is 0. The van der Waals surface area contributed by atoms with Gasteiger partial charge >= 0.3 is 5.69 Å². The SMILES string of the molecule is O=[N+]([O-])c1ccc(Cl)c(-n2cc3c(c2)C2CCC3C2)c1O. The summed E-state index contributed by atoms with van der Waals surface area (Å²) in [5.74, 6) is 0.797. The van der Waals surface area contributed by atoms with E-state index in [0.29, 0.717) is 22.5 Å². The number of nitro groups is 1. The summed E-state index contributed by atoms with van der Waals surface area (Å²) in [6, 6.07) is 2.68. The second-order valence-corrected chi connectivity index (χ2v) is 6.21. The highest BCUT2D eigenvalue weighted by molar-refractivity contribution is 6.32. The van der Waals surface area contributed by atoms with E-state index in [-0.39, 0.29) is 11.4 Å². The first-order valence-electron chi connectivity index (χ1n) is 6.94. The second kappa shape index (κ2) is 4.24. The molecule has 0 radical (unpaired) electrons. The maximum atomic E-state index is 11.0. The molecule has 0 amide bonds. The van der Waals surface area contributed by atoms with Crippen LogP contribution >= 0.6 is 11.6 Å². The van der Waals surface area contributed by atoms with E-state index in [1.54, 1.807) is 4.57 Å². The van der Waals surface area contributed by atoms with E-state index >= 15 is 0 Å². The van der Waals surface area contributed by atoms with Crippen molar-refractivity contribution in [3.8, 4) is 11.4 Å². The van der Waals surface area contributed by atoms with Gasteiger partial charge in [-0.25, -0.2) is 0 Å². The summed E-state index contributed by atoms with van der Waals surface area (Å²) in [4.78, 5) is 10.4. The molecule has 1 heterocycles. The molecule has 108 valence electrons. The van der Waals surface area contributed by atoms with Crippen LogP contribution in [0.25, 0.3) is 5.69 Å². The van der Waals surface area contributed by atoms with Crippen LogP contribution in [0.5, 0.6) is 5.75 Å². The zero-order chi connectivity index (χ0) is 14.7. The van der Waals surface area contributed by atoms with Crippen molar-refractivity contribution in [2.24, 2.45) is 0 Å². The van der Waals surface area contributed by atoms with Gasteiger partial charge in [0, 0.05) is 18.5 Å². The fourth-order valence-electron chi connectivity index (χ4n) is 3.78. The lowest BCUT2D eigenvalue weighted by atomic mass is 9.96. The predicted octanol–water partition coefficient (Wildman–Crippen LogP) is 4.11. The van der Waals surface area contributed by atoms with Gasteiger partial charge in [0.2, 0.25) is 5.75 Å². The number of fused-ring (bicyclic) bond motifs is 5. The van der Waals surface area contributed by atoms with E-state index in [0.717, 1.165) is 0 Å². The largest absolute Gasteiger partial charge is 0.501 e. The summed E-state index contributed by atoms with van der Waals surface area (Å²) in [5, 5.41) is 21.5. The Labute approximate surface area is 125 Å². The van der Waals surface area contributed by atoms with E-state index < -0.39 is 4.92 Å². The van der Waals surface area contributed by atoms with Gasteiger partial charge in [0.1, 0.15) is 5.69 Å². The molecule has 1 aromatic carbocycles. The molecule has 5 nitrogen and oxygen atoms in total. The lowest BCUT2D eigenvalue weighted by molar-refractivity contribution is -0.385. The Morgan fingerprint density at radius 2 is 1.86 bits per heavy atom. The van der Waals surface area contributed by atoms with Gasteiger partial charge in [-0.3, -0.25) is 10.1 Å². The Kier molecular flexibility index (Phi) is 2.57. The average Bonchev–Trinajstić information content (AvgIpc) is 3.10. The number of hydrogen-bond donors (Lipinski definition) is 1. The molecular weight excluding hydrogens is 292 g/mol. The van der Waals surface area contributed by atoms with Gasteiger partial charge in [-0.15, -0.1) is 0 Å². The van der Waals surface area contributed by atoms with Crippen molar-refractivity contribution in [1.29, 1.82) is 0 Å². The number of nitrogens with zero attached hydrogens (tertiary/aromatic N) is 2. The number of phenols is 1. The third-order valence-electron chi connectivity index (χ3n) is 4.74. The summed E-state index contributed by atoms with van der Waals surface area (Å²) < 4.78 is 1.74. The molecule has 0 spiro atoms. The molecule has 1 saturated carbocycles. The van der Waals surface area contributed by atoms with Crippen LogP contribution in [-0.2, 0) is 0 Å². The van der Waals surface area contributed by atoms with Crippen molar-refractivity contribution < 1.29 is 10.0 Å². The van der Waals surface area contributed by atoms with Crippen LogP contribution in [-0.4, -0.2) is 14.6 Å². The van der Waals surface area contributed by atoms with Crippen molar-refractivity contribution in [2.45, 2.75) is 31.1 Å². The highest BCUT2D eigenvalue weighted by Crippen LogP contribution is 2.54. The van der Waals surface area contributed by atoms with Gasteiger partial charge in [-0.05, 0) is 48.3 Å². The zero-order valence-corrected chi connectivity index (χ0v) is 11.9. The summed E-state index contributed by atoms with van der Waals surface area (Å²) in [5.41, 5.74) is 2.56. The normalized spacial score (nSPS) is 22.5. The third kappa shape index (κ3) is 1.70. The molecule has 4 rings (SSSR count). The molecule has 21 heavy (non-hydrogen) atoms. The van der Waals surface area contributed by atoms with Crippen molar-refractivity contribution >= 4 is 17.3 Å². The van der Waals surface area contributed by atoms with E-state index in [1.165, 1.54) is 42.5 Å². The fourth-order valence-corrected chi connectivity index (χ4v) is 4.03. The van der Waals surface area contributed by atoms with Crippen LogP contribution in [0.1, 0.15) is 42.2 Å². The van der Waals surface area contributed by atoms with Crippen LogP contribution in [0.3, 0.4) is 0 Å². The highest BCUT2D eigenvalue weighted by atomic mass is 35.5. The molecule has 1 N–H and O–H groups in total. The van der Waals surface area contributed by atoms with E-state index in [9.17, 15) is 15.2 Å². The fraction of sp³-hybridized carbons (Fsp3) is 0.333. The van der Waals surface area contributed by atoms with Crippen LogP contribution in [0.4, 0.5) is 5.69 Å². The molecule has 0 aliphatic heterocycles. The van der Waals surface area contributed by atoms with Gasteiger partial charge in [0.05, 0.1) is 9.95 Å². The van der Waals surface area contributed by atoms with Crippen LogP contribution in [0.2, 0.25) is 5.02 Å². The molecule has 6 heteroatoms. The number of nitro benzene ring substituents is 1. The van der Waals surface area contributed by atoms with Gasteiger partial charge < -0.3 is 9.67 Å². The summed E-state index contributed by atoms with van der Waals surface area (Å²) in [6.07, 6.45) is 7.54. The monoisotopic (exact) mass is 304 g/mol. The molecule has 1 aromatic heterocycles. The van der Waals surface area contributed by atoms with Crippen LogP contribution in [0, 0.1) is 10.1 Å². The number of halogens is 1. The Morgan fingerprint density at radius 1 is 1.24 bits per heavy atom. The second-order valence-electron chi connectivity index (χ2n) is 5.80. The molecule has 2 aromatic rings. The molecule has 2 unspecified atom stereocenters. The molecule has 0 saturated heterocycles. The molecular formula is C15H13ClN2O3. The van der Waals surface area contributed by atoms with Crippen molar-refractivity contribution in [3.63, 3.8) is 0 Å². The van der Waals surface area contributed by atoms with Gasteiger partial charge in [0.15, 0.2) is 0 Å². The first kappa shape index (κ1) is 12.7. The van der Waals surface area contributed by atoms with Gasteiger partial charge in [-0.2, -0.15) is 0 Å². The van der Waals surface area contributed by atoms with E-state index in [2.05, 4.69) is 0 Å². The number of phenolic OH excluding ortho intramolecular Hbond substituents is 1. The first-order valence-corrected chi connectivity index (χ1v) is 7.32. The van der Waals surface area contributed by atoms with Crippen LogP contribution < -0.4 is 0 Å². The minimum atomic E-state index is -0.601. The van der Waals surface area contributed by atoms with Gasteiger partial charge in [-0.1, -0.05) is 11.6 Å². The smallest absolute Gasteiger partial charge is 0.313 e. The Balaban J connectivity index is 1.88. The minimum absolute atomic E-state index is 0.291. The summed E-state index contributed by atoms with van der Waals surface area (Å²) >= 11 is 6.15. The standard InChI is InChI=1S/C15H13ClN2O3/c16-12-3-4-13(18(20)21)15(19)14(12)17-6-10-8-1-2-9(5-8)11(10)7-17/h3-4,6-9,19H,1-2,5H2. The lowest BCUT2D eigenvalue weighted by Crippen LogP contribution is -1.97. The Hall–Kier alpha value is -2.01. The molecule has 2 aliphatic carbocycles. The number of rotatable bonds is 2. The number of aromatic nitrogens is 1. The first-order chi connectivity index (χ1) is 10.1. The quantitative estimate of drug-likeness (QED) is 0.670.